The average molecular weight is 549 g/mol. The highest BCUT2D eigenvalue weighted by Crippen LogP contribution is 2.39. The molecule has 35 heavy (non-hydrogen) atoms. The van der Waals surface area contributed by atoms with Gasteiger partial charge in [0.25, 0.3) is 11.1 Å². The van der Waals surface area contributed by atoms with Crippen molar-refractivity contribution in [2.75, 3.05) is 7.11 Å². The van der Waals surface area contributed by atoms with E-state index in [0.717, 1.165) is 28.5 Å². The van der Waals surface area contributed by atoms with E-state index in [2.05, 4.69) is 22.0 Å². The first-order chi connectivity index (χ1) is 16.9. The average Bonchev–Trinajstić information content (AvgIpc) is 3.12. The first-order valence-corrected chi connectivity index (χ1v) is 12.3. The molecule has 0 N–H and O–H groups in total. The molecule has 6 nitrogen and oxygen atoms in total. The minimum atomic E-state index is -0.320. The smallest absolute Gasteiger partial charge is 0.293 e. The van der Waals surface area contributed by atoms with Crippen LogP contribution in [-0.4, -0.2) is 23.2 Å². The van der Waals surface area contributed by atoms with Gasteiger partial charge in [0.1, 0.15) is 6.61 Å². The highest BCUT2D eigenvalue weighted by atomic mass is 79.9. The van der Waals surface area contributed by atoms with E-state index in [-0.39, 0.29) is 24.3 Å². The summed E-state index contributed by atoms with van der Waals surface area (Å²) in [6, 6.07) is 20.5. The highest BCUT2D eigenvalue weighted by Gasteiger charge is 2.35. The van der Waals surface area contributed by atoms with Crippen molar-refractivity contribution in [3.63, 3.8) is 0 Å². The van der Waals surface area contributed by atoms with Crippen LogP contribution < -0.4 is 9.47 Å². The minimum absolute atomic E-state index is 0.240. The summed E-state index contributed by atoms with van der Waals surface area (Å²) in [6.45, 7) is 2.49. The second-order valence-electron chi connectivity index (χ2n) is 7.83. The van der Waals surface area contributed by atoms with E-state index in [1.54, 1.807) is 24.3 Å². The first kappa shape index (κ1) is 24.6. The van der Waals surface area contributed by atoms with Crippen LogP contribution in [0.5, 0.6) is 11.5 Å². The molecular formula is C27H21BrN2O4S. The Balaban J connectivity index is 1.52. The van der Waals surface area contributed by atoms with Crippen LogP contribution in [0.15, 0.2) is 70.0 Å². The number of amides is 2. The van der Waals surface area contributed by atoms with Crippen LogP contribution in [-0.2, 0) is 17.9 Å². The Morgan fingerprint density at radius 2 is 1.86 bits per heavy atom. The number of carbonyl (C=O) groups is 2. The lowest BCUT2D eigenvalue weighted by Crippen LogP contribution is -2.27. The van der Waals surface area contributed by atoms with Gasteiger partial charge in [0.05, 0.1) is 34.7 Å². The second-order valence-corrected chi connectivity index (χ2v) is 9.67. The molecule has 1 aliphatic rings. The van der Waals surface area contributed by atoms with Crippen LogP contribution in [0, 0.1) is 18.3 Å². The molecule has 176 valence electrons. The molecule has 0 spiro atoms. The van der Waals surface area contributed by atoms with Crippen molar-refractivity contribution >= 4 is 44.9 Å². The normalized spacial score (nSPS) is 14.3. The maximum Gasteiger partial charge on any atom is 0.293 e. The van der Waals surface area contributed by atoms with Gasteiger partial charge >= 0.3 is 0 Å². The number of nitriles is 1. The van der Waals surface area contributed by atoms with Gasteiger partial charge in [-0.15, -0.1) is 0 Å². The number of benzene rings is 3. The van der Waals surface area contributed by atoms with Crippen LogP contribution in [0.2, 0.25) is 0 Å². The molecule has 3 aromatic rings. The van der Waals surface area contributed by atoms with E-state index in [9.17, 15) is 9.59 Å². The minimum Gasteiger partial charge on any atom is -0.493 e. The monoisotopic (exact) mass is 548 g/mol. The predicted octanol–water partition coefficient (Wildman–Crippen LogP) is 6.45. The molecule has 1 aliphatic heterocycles. The van der Waals surface area contributed by atoms with Gasteiger partial charge in [0, 0.05) is 0 Å². The summed E-state index contributed by atoms with van der Waals surface area (Å²) in [7, 11) is 1.54. The number of ether oxygens (including phenoxy) is 2. The van der Waals surface area contributed by atoms with Gasteiger partial charge in [0.2, 0.25) is 0 Å². The fourth-order valence-electron chi connectivity index (χ4n) is 3.54. The van der Waals surface area contributed by atoms with E-state index < -0.39 is 0 Å². The zero-order valence-corrected chi connectivity index (χ0v) is 21.5. The van der Waals surface area contributed by atoms with Gasteiger partial charge in [-0.25, -0.2) is 0 Å². The maximum absolute atomic E-state index is 13.0. The number of methoxy groups -OCH3 is 1. The maximum atomic E-state index is 13.0. The lowest BCUT2D eigenvalue weighted by molar-refractivity contribution is -0.123. The molecule has 0 atom stereocenters. The summed E-state index contributed by atoms with van der Waals surface area (Å²) in [5, 5.41) is 8.65. The Morgan fingerprint density at radius 3 is 2.54 bits per heavy atom. The Hall–Kier alpha value is -3.54. The van der Waals surface area contributed by atoms with E-state index in [1.165, 1.54) is 12.0 Å². The Labute approximate surface area is 216 Å². The van der Waals surface area contributed by atoms with Crippen molar-refractivity contribution in [1.29, 1.82) is 5.26 Å². The third-order valence-electron chi connectivity index (χ3n) is 5.48. The summed E-state index contributed by atoms with van der Waals surface area (Å²) in [6.07, 6.45) is 1.68. The number of nitrogens with zero attached hydrogens (tertiary/aromatic N) is 2. The summed E-state index contributed by atoms with van der Waals surface area (Å²) in [5.74, 6) is 0.680. The number of imide groups is 1. The molecule has 0 aliphatic carbocycles. The van der Waals surface area contributed by atoms with Gasteiger partial charge in [0.15, 0.2) is 11.5 Å². The second kappa shape index (κ2) is 10.8. The lowest BCUT2D eigenvalue weighted by atomic mass is 10.1. The van der Waals surface area contributed by atoms with Gasteiger partial charge in [-0.2, -0.15) is 5.26 Å². The van der Waals surface area contributed by atoms with Crippen molar-refractivity contribution in [3.8, 4) is 17.6 Å². The molecule has 1 heterocycles. The van der Waals surface area contributed by atoms with Crippen LogP contribution >= 0.6 is 27.7 Å². The van der Waals surface area contributed by atoms with Crippen LogP contribution in [0.3, 0.4) is 0 Å². The Kier molecular flexibility index (Phi) is 7.59. The van der Waals surface area contributed by atoms with Crippen LogP contribution in [0.25, 0.3) is 6.08 Å². The van der Waals surface area contributed by atoms with Gasteiger partial charge in [-0.1, -0.05) is 36.4 Å². The SMILES string of the molecule is COc1cc(/C=C2\SC(=O)N(Cc3ccccc3C)C2=O)cc(Br)c1OCc1ccc(C#N)cc1. The molecule has 3 aromatic carbocycles. The lowest BCUT2D eigenvalue weighted by Gasteiger charge is -2.14. The molecule has 2 amide bonds. The fraction of sp³-hybridized carbons (Fsp3) is 0.148. The number of aryl methyl sites for hydroxylation is 1. The summed E-state index contributed by atoms with van der Waals surface area (Å²) >= 11 is 4.45. The fourth-order valence-corrected chi connectivity index (χ4v) is 4.95. The third kappa shape index (κ3) is 5.59. The van der Waals surface area contributed by atoms with E-state index in [4.69, 9.17) is 14.7 Å². The molecule has 8 heteroatoms. The number of carbonyl (C=O) groups excluding carboxylic acids is 2. The summed E-state index contributed by atoms with van der Waals surface area (Å²) < 4.78 is 12.1. The Bertz CT molecular complexity index is 1360. The van der Waals surface area contributed by atoms with Gasteiger partial charge < -0.3 is 9.47 Å². The molecule has 1 saturated heterocycles. The third-order valence-corrected chi connectivity index (χ3v) is 6.98. The molecule has 0 saturated carbocycles. The molecular weight excluding hydrogens is 528 g/mol. The standard InChI is InChI=1S/C27H21BrN2O4S/c1-17-5-3-4-6-21(17)15-30-26(31)24(35-27(30)32)13-20-11-22(28)25(23(12-20)33-2)34-16-19-9-7-18(14-29)8-10-19/h3-13H,15-16H2,1-2H3/b24-13-. The van der Waals surface area contributed by atoms with Gasteiger partial charge in [-0.3, -0.25) is 14.5 Å². The van der Waals surface area contributed by atoms with Crippen LogP contribution in [0.1, 0.15) is 27.8 Å². The van der Waals surface area contributed by atoms with Crippen LogP contribution in [0.4, 0.5) is 4.79 Å². The number of rotatable bonds is 7. The topological polar surface area (TPSA) is 79.6 Å². The van der Waals surface area contributed by atoms with Gasteiger partial charge in [-0.05, 0) is 87.2 Å². The molecule has 0 radical (unpaired) electrons. The van der Waals surface area contributed by atoms with E-state index in [1.807, 2.05) is 49.4 Å². The van der Waals surface area contributed by atoms with E-state index >= 15 is 0 Å². The van der Waals surface area contributed by atoms with Crippen molar-refractivity contribution in [1.82, 2.24) is 4.90 Å². The zero-order chi connectivity index (χ0) is 24.9. The number of hydrogen-bond acceptors (Lipinski definition) is 6. The number of halogens is 1. The summed E-state index contributed by atoms with van der Waals surface area (Å²) in [5.41, 5.74) is 4.15. The molecule has 0 aromatic heterocycles. The predicted molar refractivity (Wildman–Crippen MR) is 139 cm³/mol. The molecule has 1 fully saturated rings. The van der Waals surface area contributed by atoms with E-state index in [0.29, 0.717) is 32.0 Å². The van der Waals surface area contributed by atoms with Crippen molar-refractivity contribution in [2.24, 2.45) is 0 Å². The van der Waals surface area contributed by atoms with Crippen molar-refractivity contribution in [2.45, 2.75) is 20.1 Å². The highest BCUT2D eigenvalue weighted by molar-refractivity contribution is 9.10. The molecule has 0 bridgehead atoms. The number of thioether (sulfide) groups is 1. The number of hydrogen-bond donors (Lipinski definition) is 0. The van der Waals surface area contributed by atoms with Crippen molar-refractivity contribution in [3.05, 3.63) is 97.9 Å². The summed E-state index contributed by atoms with van der Waals surface area (Å²) in [4.78, 5) is 27.2. The largest absolute Gasteiger partial charge is 0.493 e. The van der Waals surface area contributed by atoms with Crippen molar-refractivity contribution < 1.29 is 19.1 Å². The zero-order valence-electron chi connectivity index (χ0n) is 19.1. The quantitative estimate of drug-likeness (QED) is 0.315. The first-order valence-electron chi connectivity index (χ1n) is 10.7. The molecule has 0 unspecified atom stereocenters. The Morgan fingerprint density at radius 1 is 1.11 bits per heavy atom. The molecule has 4 rings (SSSR count).